The van der Waals surface area contributed by atoms with Gasteiger partial charge in [-0.25, -0.2) is 13.1 Å². The first-order chi connectivity index (χ1) is 7.06. The molecule has 1 aromatic rings. The molecule has 1 rings (SSSR count). The second kappa shape index (κ2) is 4.90. The maximum Gasteiger partial charge on any atom is 0.247 e. The van der Waals surface area contributed by atoms with E-state index in [1.54, 1.807) is 6.08 Å². The molecule has 82 valence electrons. The van der Waals surface area contributed by atoms with E-state index in [4.69, 9.17) is 0 Å². The maximum absolute atomic E-state index is 11.6. The largest absolute Gasteiger partial charge is 0.328 e. The van der Waals surface area contributed by atoms with E-state index in [0.29, 0.717) is 13.0 Å². The molecule has 5 nitrogen and oxygen atoms in total. The highest BCUT2D eigenvalue weighted by Crippen LogP contribution is 2.03. The van der Waals surface area contributed by atoms with E-state index in [2.05, 4.69) is 16.3 Å². The molecular weight excluding hydrogens is 216 g/mol. The van der Waals surface area contributed by atoms with Crippen LogP contribution in [-0.4, -0.2) is 19.9 Å². The highest BCUT2D eigenvalue weighted by atomic mass is 32.2. The van der Waals surface area contributed by atoms with Crippen LogP contribution in [0.15, 0.2) is 40.7 Å². The molecule has 0 aliphatic heterocycles. The lowest BCUT2D eigenvalue weighted by Gasteiger charge is -2.04. The quantitative estimate of drug-likeness (QED) is 0.559. The molecule has 0 fully saturated rings. The molecule has 0 aliphatic rings. The van der Waals surface area contributed by atoms with Crippen LogP contribution >= 0.6 is 0 Å². The summed E-state index contributed by atoms with van der Waals surface area (Å²) in [4.78, 5) is 13.1. The van der Waals surface area contributed by atoms with Crippen molar-refractivity contribution < 1.29 is 8.42 Å². The Kier molecular flexibility index (Phi) is 3.81. The molecule has 0 radical (unpaired) electrons. The molecule has 0 spiro atoms. The van der Waals surface area contributed by atoms with Crippen LogP contribution in [0, 0.1) is 0 Å². The predicted octanol–water partition coefficient (Wildman–Crippen LogP) is 0.229. The highest BCUT2D eigenvalue weighted by molar-refractivity contribution is 7.89. The first-order valence-electron chi connectivity index (χ1n) is 4.35. The van der Waals surface area contributed by atoms with Crippen molar-refractivity contribution >= 4 is 10.0 Å². The molecule has 6 heteroatoms. The van der Waals surface area contributed by atoms with Gasteiger partial charge in [-0.05, 0) is 12.5 Å². The predicted molar refractivity (Wildman–Crippen MR) is 57.1 cm³/mol. The summed E-state index contributed by atoms with van der Waals surface area (Å²) in [5, 5.41) is 0. The first-order valence-corrected chi connectivity index (χ1v) is 5.84. The normalized spacial score (nSPS) is 11.2. The Morgan fingerprint density at radius 3 is 2.73 bits per heavy atom. The molecule has 0 amide bonds. The SMILES string of the molecule is C=CCCNS(=O)(=O)c1ccc(=O)[nH]c1. The topological polar surface area (TPSA) is 79.0 Å². The van der Waals surface area contributed by atoms with E-state index in [1.807, 2.05) is 0 Å². The second-order valence-electron chi connectivity index (χ2n) is 2.86. The van der Waals surface area contributed by atoms with Gasteiger partial charge >= 0.3 is 0 Å². The van der Waals surface area contributed by atoms with E-state index in [9.17, 15) is 13.2 Å². The number of aromatic amines is 1. The zero-order valence-electron chi connectivity index (χ0n) is 8.06. The molecule has 0 aliphatic carbocycles. The lowest BCUT2D eigenvalue weighted by atomic mass is 10.4. The van der Waals surface area contributed by atoms with Crippen molar-refractivity contribution in [3.63, 3.8) is 0 Å². The van der Waals surface area contributed by atoms with Crippen molar-refractivity contribution in [2.24, 2.45) is 0 Å². The van der Waals surface area contributed by atoms with E-state index in [0.717, 1.165) is 0 Å². The number of nitrogens with one attached hydrogen (secondary N) is 2. The fraction of sp³-hybridized carbons (Fsp3) is 0.222. The Labute approximate surface area is 87.9 Å². The van der Waals surface area contributed by atoms with Gasteiger partial charge in [0, 0.05) is 18.8 Å². The smallest absolute Gasteiger partial charge is 0.247 e. The maximum atomic E-state index is 11.6. The molecule has 0 saturated carbocycles. The van der Waals surface area contributed by atoms with Crippen LogP contribution in [0.1, 0.15) is 6.42 Å². The third-order valence-corrected chi connectivity index (χ3v) is 3.17. The molecule has 1 aromatic heterocycles. The van der Waals surface area contributed by atoms with Crippen LogP contribution in [0.2, 0.25) is 0 Å². The molecule has 2 N–H and O–H groups in total. The molecule has 1 heterocycles. The van der Waals surface area contributed by atoms with E-state index in [-0.39, 0.29) is 10.5 Å². The van der Waals surface area contributed by atoms with Crippen molar-refractivity contribution in [3.8, 4) is 0 Å². The van der Waals surface area contributed by atoms with Gasteiger partial charge in [-0.2, -0.15) is 0 Å². The third-order valence-electron chi connectivity index (χ3n) is 1.71. The molecule has 0 unspecified atom stereocenters. The van der Waals surface area contributed by atoms with Gasteiger partial charge in [-0.1, -0.05) is 6.08 Å². The van der Waals surface area contributed by atoms with E-state index >= 15 is 0 Å². The number of pyridine rings is 1. The summed E-state index contributed by atoms with van der Waals surface area (Å²) in [6.07, 6.45) is 3.34. The lowest BCUT2D eigenvalue weighted by Crippen LogP contribution is -2.25. The first kappa shape index (κ1) is 11.7. The van der Waals surface area contributed by atoms with Crippen LogP contribution in [0.5, 0.6) is 0 Å². The number of aromatic nitrogens is 1. The Hall–Kier alpha value is -1.40. The summed E-state index contributed by atoms with van der Waals surface area (Å²) in [5.74, 6) is 0. The molecule has 15 heavy (non-hydrogen) atoms. The van der Waals surface area contributed by atoms with Crippen LogP contribution in [0.4, 0.5) is 0 Å². The van der Waals surface area contributed by atoms with Crippen LogP contribution in [0.3, 0.4) is 0 Å². The standard InChI is InChI=1S/C9H12N2O3S/c1-2-3-6-11-15(13,14)8-4-5-9(12)10-7-8/h2,4-5,7,11H,1,3,6H2,(H,10,12). The van der Waals surface area contributed by atoms with Crippen molar-refractivity contribution in [1.82, 2.24) is 9.71 Å². The van der Waals surface area contributed by atoms with Crippen molar-refractivity contribution in [1.29, 1.82) is 0 Å². The minimum Gasteiger partial charge on any atom is -0.328 e. The van der Waals surface area contributed by atoms with Crippen molar-refractivity contribution in [2.45, 2.75) is 11.3 Å². The monoisotopic (exact) mass is 228 g/mol. The second-order valence-corrected chi connectivity index (χ2v) is 4.63. The molecule has 0 bridgehead atoms. The molecular formula is C9H12N2O3S. The molecule has 0 atom stereocenters. The van der Waals surface area contributed by atoms with Crippen LogP contribution in [-0.2, 0) is 10.0 Å². The van der Waals surface area contributed by atoms with E-state index in [1.165, 1.54) is 18.3 Å². The average molecular weight is 228 g/mol. The van der Waals surface area contributed by atoms with Gasteiger partial charge in [-0.15, -0.1) is 6.58 Å². The Morgan fingerprint density at radius 2 is 2.20 bits per heavy atom. The van der Waals surface area contributed by atoms with Gasteiger partial charge < -0.3 is 4.98 Å². The number of hydrogen-bond donors (Lipinski definition) is 2. The van der Waals surface area contributed by atoms with Gasteiger partial charge in [0.25, 0.3) is 0 Å². The highest BCUT2D eigenvalue weighted by Gasteiger charge is 2.12. The zero-order chi connectivity index (χ0) is 11.3. The minimum absolute atomic E-state index is 0.0474. The summed E-state index contributed by atoms with van der Waals surface area (Å²) >= 11 is 0. The Balaban J connectivity index is 2.82. The van der Waals surface area contributed by atoms with Gasteiger partial charge in [-0.3, -0.25) is 4.79 Å². The Morgan fingerprint density at radius 1 is 1.47 bits per heavy atom. The number of hydrogen-bond acceptors (Lipinski definition) is 3. The van der Waals surface area contributed by atoms with Crippen LogP contribution < -0.4 is 10.3 Å². The fourth-order valence-electron chi connectivity index (χ4n) is 0.942. The lowest BCUT2D eigenvalue weighted by molar-refractivity contribution is 0.581. The minimum atomic E-state index is -3.52. The van der Waals surface area contributed by atoms with Crippen molar-refractivity contribution in [3.05, 3.63) is 41.3 Å². The van der Waals surface area contributed by atoms with Gasteiger partial charge in [0.05, 0.1) is 4.90 Å². The summed E-state index contributed by atoms with van der Waals surface area (Å²) < 4.78 is 25.5. The molecule has 0 aromatic carbocycles. The summed E-state index contributed by atoms with van der Waals surface area (Å²) in [5.41, 5.74) is -0.333. The molecule has 0 saturated heterocycles. The van der Waals surface area contributed by atoms with Gasteiger partial charge in [0.15, 0.2) is 0 Å². The summed E-state index contributed by atoms with van der Waals surface area (Å²) in [6, 6.07) is 2.43. The number of H-pyrrole nitrogens is 1. The summed E-state index contributed by atoms with van der Waals surface area (Å²) in [6.45, 7) is 3.78. The van der Waals surface area contributed by atoms with Gasteiger partial charge in [0.1, 0.15) is 0 Å². The van der Waals surface area contributed by atoms with Crippen LogP contribution in [0.25, 0.3) is 0 Å². The van der Waals surface area contributed by atoms with Gasteiger partial charge in [0.2, 0.25) is 15.6 Å². The average Bonchev–Trinajstić information content (AvgIpc) is 2.18. The Bertz CT molecular complexity index is 470. The third kappa shape index (κ3) is 3.34. The van der Waals surface area contributed by atoms with E-state index < -0.39 is 10.0 Å². The van der Waals surface area contributed by atoms with Crippen molar-refractivity contribution in [2.75, 3.05) is 6.54 Å². The number of sulfonamides is 1. The number of rotatable bonds is 5. The zero-order valence-corrected chi connectivity index (χ0v) is 8.88. The fourth-order valence-corrected chi connectivity index (χ4v) is 1.96. The summed E-state index contributed by atoms with van der Waals surface area (Å²) in [7, 11) is -3.52.